The highest BCUT2D eigenvalue weighted by atomic mass is 79.9. The summed E-state index contributed by atoms with van der Waals surface area (Å²) >= 11 is 10.2. The van der Waals surface area contributed by atoms with Crippen LogP contribution in [0.25, 0.3) is 21.8 Å². The maximum absolute atomic E-state index is 11.7. The molecule has 7 heteroatoms. The van der Waals surface area contributed by atoms with Crippen molar-refractivity contribution in [2.45, 2.75) is 12.3 Å². The van der Waals surface area contributed by atoms with Crippen molar-refractivity contribution in [2.75, 3.05) is 0 Å². The Kier molecular flexibility index (Phi) is 6.81. The van der Waals surface area contributed by atoms with Crippen LogP contribution in [0.5, 0.6) is 0 Å². The summed E-state index contributed by atoms with van der Waals surface area (Å²) in [6.45, 7) is 1.96. The molecule has 0 fully saturated rings. The summed E-state index contributed by atoms with van der Waals surface area (Å²) in [6, 6.07) is 15.3. The third-order valence-corrected chi connectivity index (χ3v) is 6.45. The molecule has 0 spiro atoms. The van der Waals surface area contributed by atoms with Crippen LogP contribution >= 0.6 is 47.8 Å². The van der Waals surface area contributed by atoms with Gasteiger partial charge >= 0.3 is 0 Å². The molecule has 0 saturated carbocycles. The fraction of sp³-hybridized carbons (Fsp3) is 0.182. The van der Waals surface area contributed by atoms with E-state index in [0.29, 0.717) is 5.33 Å². The SMILES string of the molecule is Cc1cc(=O)n(C)c2cc(Br)ccc12.Cn1c(=O)cc(CBr)c2ccc(Br)cc21. The number of benzene rings is 2. The number of aromatic nitrogens is 2. The van der Waals surface area contributed by atoms with E-state index in [1.165, 1.54) is 0 Å². The van der Waals surface area contributed by atoms with E-state index in [2.05, 4.69) is 47.8 Å². The first-order chi connectivity index (χ1) is 13.7. The zero-order chi connectivity index (χ0) is 21.3. The normalized spacial score (nSPS) is 10.8. The lowest BCUT2D eigenvalue weighted by atomic mass is 10.1. The number of nitrogens with zero attached hydrogens (tertiary/aromatic N) is 2. The van der Waals surface area contributed by atoms with Gasteiger partial charge in [0.2, 0.25) is 0 Å². The Morgan fingerprint density at radius 1 is 0.759 bits per heavy atom. The molecule has 4 rings (SSSR count). The largest absolute Gasteiger partial charge is 0.311 e. The van der Waals surface area contributed by atoms with Gasteiger partial charge in [-0.15, -0.1) is 0 Å². The molecule has 29 heavy (non-hydrogen) atoms. The summed E-state index contributed by atoms with van der Waals surface area (Å²) in [5, 5.41) is 2.92. The number of hydrogen-bond donors (Lipinski definition) is 0. The Labute approximate surface area is 193 Å². The lowest BCUT2D eigenvalue weighted by molar-refractivity contribution is 0.902. The fourth-order valence-electron chi connectivity index (χ4n) is 3.20. The second kappa shape index (κ2) is 8.98. The molecule has 0 aliphatic carbocycles. The van der Waals surface area contributed by atoms with Crippen LogP contribution in [0.4, 0.5) is 0 Å². The lowest BCUT2D eigenvalue weighted by Crippen LogP contribution is -2.16. The average Bonchev–Trinajstić information content (AvgIpc) is 2.69. The minimum Gasteiger partial charge on any atom is -0.311 e. The van der Waals surface area contributed by atoms with Crippen molar-refractivity contribution in [1.29, 1.82) is 0 Å². The Morgan fingerprint density at radius 3 is 1.79 bits per heavy atom. The van der Waals surface area contributed by atoms with Crippen LogP contribution in [0.3, 0.4) is 0 Å². The first-order valence-corrected chi connectivity index (χ1v) is 11.5. The topological polar surface area (TPSA) is 44.0 Å². The van der Waals surface area contributed by atoms with Gasteiger partial charge < -0.3 is 9.13 Å². The van der Waals surface area contributed by atoms with Crippen LogP contribution in [0.2, 0.25) is 0 Å². The number of hydrogen-bond acceptors (Lipinski definition) is 2. The number of aryl methyl sites for hydroxylation is 3. The molecule has 0 aliphatic heterocycles. The number of rotatable bonds is 1. The summed E-state index contributed by atoms with van der Waals surface area (Å²) in [5.74, 6) is 0. The zero-order valence-corrected chi connectivity index (χ0v) is 20.9. The van der Waals surface area contributed by atoms with E-state index in [1.807, 2.05) is 43.3 Å². The summed E-state index contributed by atoms with van der Waals surface area (Å²) in [7, 11) is 3.58. The van der Waals surface area contributed by atoms with Gasteiger partial charge in [-0.05, 0) is 42.3 Å². The smallest absolute Gasteiger partial charge is 0.251 e. The molecular weight excluding hydrogens is 564 g/mol. The molecule has 0 N–H and O–H groups in total. The fourth-order valence-corrected chi connectivity index (χ4v) is 4.36. The van der Waals surface area contributed by atoms with Crippen molar-refractivity contribution < 1.29 is 0 Å². The Balaban J connectivity index is 0.000000166. The predicted molar refractivity (Wildman–Crippen MR) is 131 cm³/mol. The van der Waals surface area contributed by atoms with Crippen molar-refractivity contribution in [3.63, 3.8) is 0 Å². The number of halogens is 3. The third kappa shape index (κ3) is 4.57. The summed E-state index contributed by atoms with van der Waals surface area (Å²) in [5.41, 5.74) is 4.02. The van der Waals surface area contributed by atoms with Crippen LogP contribution < -0.4 is 11.1 Å². The van der Waals surface area contributed by atoms with E-state index in [4.69, 9.17) is 0 Å². The second-order valence-electron chi connectivity index (χ2n) is 6.75. The van der Waals surface area contributed by atoms with E-state index in [-0.39, 0.29) is 11.1 Å². The molecule has 4 nitrogen and oxygen atoms in total. The highest BCUT2D eigenvalue weighted by Crippen LogP contribution is 2.23. The molecule has 2 aromatic heterocycles. The number of fused-ring (bicyclic) bond motifs is 2. The second-order valence-corrected chi connectivity index (χ2v) is 9.14. The molecule has 150 valence electrons. The first-order valence-electron chi connectivity index (χ1n) is 8.83. The summed E-state index contributed by atoms with van der Waals surface area (Å²) in [4.78, 5) is 23.2. The maximum atomic E-state index is 11.7. The van der Waals surface area contributed by atoms with E-state index < -0.39 is 0 Å². The molecule has 0 aliphatic rings. The van der Waals surface area contributed by atoms with Gasteiger partial charge in [0, 0.05) is 51.3 Å². The monoisotopic (exact) mass is 580 g/mol. The Hall–Kier alpha value is -1.70. The van der Waals surface area contributed by atoms with Crippen molar-refractivity contribution in [3.8, 4) is 0 Å². The van der Waals surface area contributed by atoms with Crippen LogP contribution in [-0.4, -0.2) is 9.13 Å². The maximum Gasteiger partial charge on any atom is 0.251 e. The third-order valence-electron chi connectivity index (χ3n) is 4.86. The van der Waals surface area contributed by atoms with E-state index in [0.717, 1.165) is 41.9 Å². The molecule has 0 radical (unpaired) electrons. The number of alkyl halides is 1. The molecule has 0 saturated heterocycles. The lowest BCUT2D eigenvalue weighted by Gasteiger charge is -2.08. The van der Waals surface area contributed by atoms with Crippen molar-refractivity contribution in [3.05, 3.63) is 89.3 Å². The van der Waals surface area contributed by atoms with Crippen LogP contribution in [0, 0.1) is 6.92 Å². The Bertz CT molecular complexity index is 1340. The van der Waals surface area contributed by atoms with Gasteiger partial charge in [-0.2, -0.15) is 0 Å². The molecule has 2 aromatic carbocycles. The van der Waals surface area contributed by atoms with Gasteiger partial charge in [-0.25, -0.2) is 0 Å². The van der Waals surface area contributed by atoms with Gasteiger partial charge in [0.05, 0.1) is 11.0 Å². The molecule has 2 heterocycles. The molecular formula is C22H19Br3N2O2. The predicted octanol–water partition coefficient (Wildman–Crippen LogP) is 5.81. The van der Waals surface area contributed by atoms with Crippen LogP contribution in [-0.2, 0) is 19.4 Å². The van der Waals surface area contributed by atoms with Gasteiger partial charge in [0.1, 0.15) is 0 Å². The van der Waals surface area contributed by atoms with Crippen molar-refractivity contribution in [2.24, 2.45) is 14.1 Å². The first kappa shape index (κ1) is 22.0. The van der Waals surface area contributed by atoms with Gasteiger partial charge in [0.15, 0.2) is 0 Å². The average molecular weight is 583 g/mol. The van der Waals surface area contributed by atoms with Gasteiger partial charge in [-0.3, -0.25) is 9.59 Å². The number of pyridine rings is 2. The van der Waals surface area contributed by atoms with Crippen LogP contribution in [0.1, 0.15) is 11.1 Å². The van der Waals surface area contributed by atoms with Gasteiger partial charge in [-0.1, -0.05) is 59.9 Å². The highest BCUT2D eigenvalue weighted by molar-refractivity contribution is 9.10. The molecule has 0 amide bonds. The molecule has 4 aromatic rings. The standard InChI is InChI=1S/C11H9Br2NO.C11H10BrNO/c1-14-10-5-8(13)2-3-9(10)7(6-12)4-11(14)15;1-7-5-11(14)13(2)10-6-8(12)3-4-9(7)10/h2-5H,6H2,1H3;3-6H,1-2H3. The van der Waals surface area contributed by atoms with E-state index in [1.54, 1.807) is 35.4 Å². The highest BCUT2D eigenvalue weighted by Gasteiger charge is 2.06. The quantitative estimate of drug-likeness (QED) is 0.266. The molecule has 0 unspecified atom stereocenters. The minimum absolute atomic E-state index is 0.0232. The molecule has 0 bridgehead atoms. The van der Waals surface area contributed by atoms with E-state index in [9.17, 15) is 9.59 Å². The van der Waals surface area contributed by atoms with Crippen LogP contribution in [0.15, 0.2) is 67.1 Å². The minimum atomic E-state index is 0.0232. The summed E-state index contributed by atoms with van der Waals surface area (Å²) < 4.78 is 5.29. The van der Waals surface area contributed by atoms with Crippen molar-refractivity contribution in [1.82, 2.24) is 9.13 Å². The van der Waals surface area contributed by atoms with Gasteiger partial charge in [0.25, 0.3) is 11.1 Å². The van der Waals surface area contributed by atoms with E-state index >= 15 is 0 Å². The molecule has 0 atom stereocenters. The Morgan fingerprint density at radius 2 is 1.24 bits per heavy atom. The van der Waals surface area contributed by atoms with Crippen molar-refractivity contribution >= 4 is 69.6 Å². The summed E-state index contributed by atoms with van der Waals surface area (Å²) in [6.07, 6.45) is 0. The zero-order valence-electron chi connectivity index (χ0n) is 16.2.